The van der Waals surface area contributed by atoms with Gasteiger partial charge in [-0.05, 0) is 24.6 Å². The van der Waals surface area contributed by atoms with Crippen LogP contribution in [0.15, 0.2) is 23.1 Å². The van der Waals surface area contributed by atoms with Gasteiger partial charge >= 0.3 is 5.97 Å². The Labute approximate surface area is 104 Å². The zero-order valence-corrected chi connectivity index (χ0v) is 10.4. The summed E-state index contributed by atoms with van der Waals surface area (Å²) in [5, 5.41) is 12.0. The first-order chi connectivity index (χ1) is 8.19. The Balaban J connectivity index is 2.01. The maximum atomic E-state index is 10.5. The smallest absolute Gasteiger partial charge is 0.303 e. The molecule has 0 spiro atoms. The molecule has 4 nitrogen and oxygen atoms in total. The zero-order chi connectivity index (χ0) is 12.3. The first-order valence-electron chi connectivity index (χ1n) is 5.48. The summed E-state index contributed by atoms with van der Waals surface area (Å²) in [6.07, 6.45) is 0.873. The topological polar surface area (TPSA) is 58.6 Å². The number of nitrogens with one attached hydrogen (secondary N) is 1. The van der Waals surface area contributed by atoms with Crippen molar-refractivity contribution in [2.45, 2.75) is 23.8 Å². The molecule has 1 aromatic carbocycles. The lowest BCUT2D eigenvalue weighted by molar-refractivity contribution is -0.137. The zero-order valence-electron chi connectivity index (χ0n) is 9.60. The average Bonchev–Trinajstić information content (AvgIpc) is 2.35. The molecular formula is C12H15NO3S. The Morgan fingerprint density at radius 2 is 2.47 bits per heavy atom. The van der Waals surface area contributed by atoms with Crippen molar-refractivity contribution in [2.24, 2.45) is 0 Å². The van der Waals surface area contributed by atoms with E-state index in [-0.39, 0.29) is 12.5 Å². The number of carboxylic acid groups (broad SMARTS) is 1. The van der Waals surface area contributed by atoms with E-state index in [1.807, 2.05) is 18.2 Å². The van der Waals surface area contributed by atoms with Crippen molar-refractivity contribution in [1.29, 1.82) is 0 Å². The summed E-state index contributed by atoms with van der Waals surface area (Å²) < 4.78 is 5.17. The van der Waals surface area contributed by atoms with Crippen LogP contribution < -0.4 is 10.1 Å². The molecule has 0 fully saturated rings. The molecule has 0 aliphatic carbocycles. The highest BCUT2D eigenvalue weighted by Gasteiger charge is 2.19. The van der Waals surface area contributed by atoms with Crippen LogP contribution in [-0.2, 0) is 4.79 Å². The van der Waals surface area contributed by atoms with Crippen LogP contribution in [0.1, 0.15) is 12.8 Å². The molecule has 1 heterocycles. The van der Waals surface area contributed by atoms with E-state index in [0.29, 0.717) is 6.42 Å². The second-order valence-electron chi connectivity index (χ2n) is 3.95. The monoisotopic (exact) mass is 253 g/mol. The molecule has 0 saturated heterocycles. The number of hydrogen-bond donors (Lipinski definition) is 2. The van der Waals surface area contributed by atoms with E-state index in [1.165, 1.54) is 0 Å². The Kier molecular flexibility index (Phi) is 3.78. The molecule has 92 valence electrons. The lowest BCUT2D eigenvalue weighted by atomic mass is 10.1. The molecular weight excluding hydrogens is 238 g/mol. The molecule has 0 radical (unpaired) electrons. The minimum Gasteiger partial charge on any atom is -0.497 e. The number of carboxylic acids is 1. The minimum absolute atomic E-state index is 0.212. The molecule has 1 aliphatic heterocycles. The summed E-state index contributed by atoms with van der Waals surface area (Å²) in [7, 11) is 1.65. The molecule has 2 N–H and O–H groups in total. The molecule has 1 atom stereocenters. The van der Waals surface area contributed by atoms with Crippen LogP contribution in [0.2, 0.25) is 0 Å². The lowest BCUT2D eigenvalue weighted by Gasteiger charge is -2.26. The maximum Gasteiger partial charge on any atom is 0.303 e. The first-order valence-corrected chi connectivity index (χ1v) is 6.47. The van der Waals surface area contributed by atoms with Gasteiger partial charge in [0.2, 0.25) is 0 Å². The van der Waals surface area contributed by atoms with E-state index in [4.69, 9.17) is 9.84 Å². The normalized spacial score (nSPS) is 18.1. The number of anilines is 1. The van der Waals surface area contributed by atoms with Gasteiger partial charge in [0.1, 0.15) is 5.75 Å². The van der Waals surface area contributed by atoms with Gasteiger partial charge in [-0.3, -0.25) is 4.79 Å². The molecule has 0 bridgehead atoms. The Morgan fingerprint density at radius 3 is 3.18 bits per heavy atom. The van der Waals surface area contributed by atoms with Gasteiger partial charge in [-0.2, -0.15) is 0 Å². The first kappa shape index (κ1) is 12.1. The van der Waals surface area contributed by atoms with Crippen LogP contribution in [0.5, 0.6) is 5.75 Å². The number of benzene rings is 1. The number of thioether (sulfide) groups is 1. The Hall–Kier alpha value is -1.36. The largest absolute Gasteiger partial charge is 0.497 e. The van der Waals surface area contributed by atoms with Gasteiger partial charge in [-0.15, -0.1) is 11.8 Å². The third kappa shape index (κ3) is 3.06. The highest BCUT2D eigenvalue weighted by atomic mass is 32.2. The van der Waals surface area contributed by atoms with Gasteiger partial charge in [0.15, 0.2) is 0 Å². The lowest BCUT2D eigenvalue weighted by Crippen LogP contribution is -2.26. The number of carbonyl (C=O) groups is 1. The number of methoxy groups -OCH3 is 1. The van der Waals surface area contributed by atoms with Crippen molar-refractivity contribution in [2.75, 3.05) is 18.2 Å². The van der Waals surface area contributed by atoms with E-state index in [1.54, 1.807) is 18.9 Å². The summed E-state index contributed by atoms with van der Waals surface area (Å²) in [5.74, 6) is 1.01. The molecule has 0 aromatic heterocycles. The SMILES string of the molecule is COc1ccc2c(c1)SCC(CCC(=O)O)N2. The molecule has 0 saturated carbocycles. The number of hydrogen-bond acceptors (Lipinski definition) is 4. The summed E-state index contributed by atoms with van der Waals surface area (Å²) in [4.78, 5) is 11.7. The van der Waals surface area contributed by atoms with Gasteiger partial charge in [0.05, 0.1) is 7.11 Å². The van der Waals surface area contributed by atoms with Crippen LogP contribution >= 0.6 is 11.8 Å². The van der Waals surface area contributed by atoms with E-state index < -0.39 is 5.97 Å². The van der Waals surface area contributed by atoms with Crippen molar-refractivity contribution in [3.8, 4) is 5.75 Å². The summed E-state index contributed by atoms with van der Waals surface area (Å²) in [6, 6.07) is 6.12. The van der Waals surface area contributed by atoms with Crippen molar-refractivity contribution in [3.63, 3.8) is 0 Å². The predicted octanol–water partition coefficient (Wildman–Crippen LogP) is 2.45. The number of aliphatic carboxylic acids is 1. The molecule has 2 rings (SSSR count). The van der Waals surface area contributed by atoms with E-state index in [0.717, 1.165) is 22.1 Å². The number of rotatable bonds is 4. The van der Waals surface area contributed by atoms with Crippen LogP contribution in [0.25, 0.3) is 0 Å². The predicted molar refractivity (Wildman–Crippen MR) is 68.0 cm³/mol. The molecule has 17 heavy (non-hydrogen) atoms. The fourth-order valence-corrected chi connectivity index (χ4v) is 2.89. The van der Waals surface area contributed by atoms with Gasteiger partial charge in [0, 0.05) is 28.8 Å². The second kappa shape index (κ2) is 5.31. The fraction of sp³-hybridized carbons (Fsp3) is 0.417. The second-order valence-corrected chi connectivity index (χ2v) is 5.01. The van der Waals surface area contributed by atoms with Gasteiger partial charge in [-0.1, -0.05) is 0 Å². The van der Waals surface area contributed by atoms with E-state index in [2.05, 4.69) is 5.32 Å². The summed E-state index contributed by atoms with van der Waals surface area (Å²) in [5.41, 5.74) is 1.07. The quantitative estimate of drug-likeness (QED) is 0.863. The van der Waals surface area contributed by atoms with Gasteiger partial charge in [0.25, 0.3) is 0 Å². The standard InChI is InChI=1S/C12H15NO3S/c1-16-9-3-4-10-11(6-9)17-7-8(13-10)2-5-12(14)15/h3-4,6,8,13H,2,5,7H2,1H3,(H,14,15). The number of ether oxygens (including phenoxy) is 1. The maximum absolute atomic E-state index is 10.5. The fourth-order valence-electron chi connectivity index (χ4n) is 1.77. The average molecular weight is 253 g/mol. The van der Waals surface area contributed by atoms with Crippen LogP contribution in [-0.4, -0.2) is 30.0 Å². The molecule has 1 aliphatic rings. The highest BCUT2D eigenvalue weighted by Crippen LogP contribution is 2.36. The van der Waals surface area contributed by atoms with Crippen LogP contribution in [0.4, 0.5) is 5.69 Å². The molecule has 5 heteroatoms. The van der Waals surface area contributed by atoms with E-state index in [9.17, 15) is 4.79 Å². The summed E-state index contributed by atoms with van der Waals surface area (Å²) >= 11 is 1.74. The number of fused-ring (bicyclic) bond motifs is 1. The highest BCUT2D eigenvalue weighted by molar-refractivity contribution is 7.99. The van der Waals surface area contributed by atoms with Gasteiger partial charge < -0.3 is 15.2 Å². The summed E-state index contributed by atoms with van der Waals surface area (Å²) in [6.45, 7) is 0. The third-order valence-electron chi connectivity index (χ3n) is 2.70. The van der Waals surface area contributed by atoms with Crippen molar-refractivity contribution in [3.05, 3.63) is 18.2 Å². The van der Waals surface area contributed by atoms with E-state index >= 15 is 0 Å². The molecule has 1 unspecified atom stereocenters. The minimum atomic E-state index is -0.739. The van der Waals surface area contributed by atoms with Crippen molar-refractivity contribution < 1.29 is 14.6 Å². The Bertz CT molecular complexity index is 422. The van der Waals surface area contributed by atoms with Crippen LogP contribution in [0, 0.1) is 0 Å². The third-order valence-corrected chi connectivity index (χ3v) is 3.91. The van der Waals surface area contributed by atoms with Gasteiger partial charge in [-0.25, -0.2) is 0 Å². The van der Waals surface area contributed by atoms with Crippen molar-refractivity contribution in [1.82, 2.24) is 0 Å². The van der Waals surface area contributed by atoms with Crippen molar-refractivity contribution >= 4 is 23.4 Å². The molecule has 1 aromatic rings. The molecule has 0 amide bonds. The van der Waals surface area contributed by atoms with Crippen LogP contribution in [0.3, 0.4) is 0 Å². The Morgan fingerprint density at radius 1 is 1.65 bits per heavy atom.